The Labute approximate surface area is 105 Å². The average Bonchev–Trinajstić information content (AvgIpc) is 2.70. The van der Waals surface area contributed by atoms with Crippen LogP contribution in [-0.2, 0) is 0 Å². The van der Waals surface area contributed by atoms with Gasteiger partial charge >= 0.3 is 0 Å². The molecular formula is C13H26N2S. The number of rotatable bonds is 4. The molecule has 0 aromatic heterocycles. The number of hydrogen-bond acceptors (Lipinski definition) is 3. The van der Waals surface area contributed by atoms with Gasteiger partial charge in [0.25, 0.3) is 0 Å². The Morgan fingerprint density at radius 1 is 1.44 bits per heavy atom. The van der Waals surface area contributed by atoms with Crippen molar-refractivity contribution in [2.24, 2.45) is 5.92 Å². The summed E-state index contributed by atoms with van der Waals surface area (Å²) >= 11 is 2.19. The quantitative estimate of drug-likeness (QED) is 0.814. The minimum absolute atomic E-state index is 0.736. The highest BCUT2D eigenvalue weighted by Gasteiger charge is 2.24. The highest BCUT2D eigenvalue weighted by molar-refractivity contribution is 8.00. The fraction of sp³-hybridized carbons (Fsp3) is 1.00. The maximum atomic E-state index is 3.66. The average molecular weight is 242 g/mol. The second-order valence-corrected chi connectivity index (χ2v) is 7.08. The van der Waals surface area contributed by atoms with Gasteiger partial charge in [-0.1, -0.05) is 13.8 Å². The number of piperazine rings is 1. The maximum absolute atomic E-state index is 3.66. The summed E-state index contributed by atoms with van der Waals surface area (Å²) in [6.45, 7) is 9.71. The predicted octanol–water partition coefficient (Wildman–Crippen LogP) is 2.20. The van der Waals surface area contributed by atoms with E-state index in [0.717, 1.165) is 17.2 Å². The van der Waals surface area contributed by atoms with Gasteiger partial charge in [-0.3, -0.25) is 4.90 Å². The van der Waals surface area contributed by atoms with E-state index in [2.05, 4.69) is 35.8 Å². The van der Waals surface area contributed by atoms with Gasteiger partial charge in [-0.05, 0) is 30.9 Å². The van der Waals surface area contributed by atoms with Gasteiger partial charge in [-0.25, -0.2) is 0 Å². The lowest BCUT2D eigenvalue weighted by Gasteiger charge is -2.35. The first-order valence-corrected chi connectivity index (χ1v) is 7.86. The van der Waals surface area contributed by atoms with Gasteiger partial charge in [0.2, 0.25) is 0 Å². The van der Waals surface area contributed by atoms with Crippen molar-refractivity contribution < 1.29 is 0 Å². The Morgan fingerprint density at radius 2 is 2.31 bits per heavy atom. The van der Waals surface area contributed by atoms with Crippen LogP contribution < -0.4 is 5.32 Å². The molecule has 2 heterocycles. The number of hydrogen-bond donors (Lipinski definition) is 1. The molecule has 0 saturated carbocycles. The Hall–Kier alpha value is 0.270. The molecule has 2 nitrogen and oxygen atoms in total. The monoisotopic (exact) mass is 242 g/mol. The lowest BCUT2D eigenvalue weighted by molar-refractivity contribution is 0.186. The first kappa shape index (κ1) is 12.7. The number of nitrogens with one attached hydrogen (secondary N) is 1. The van der Waals surface area contributed by atoms with Crippen molar-refractivity contribution >= 4 is 11.8 Å². The molecule has 0 radical (unpaired) electrons. The van der Waals surface area contributed by atoms with Gasteiger partial charge in [0.1, 0.15) is 0 Å². The first-order chi connectivity index (χ1) is 7.74. The molecule has 2 rings (SSSR count). The van der Waals surface area contributed by atoms with Gasteiger partial charge in [-0.2, -0.15) is 11.8 Å². The molecule has 16 heavy (non-hydrogen) atoms. The van der Waals surface area contributed by atoms with Crippen molar-refractivity contribution in [1.29, 1.82) is 0 Å². The van der Waals surface area contributed by atoms with Gasteiger partial charge < -0.3 is 5.32 Å². The Bertz CT molecular complexity index is 202. The minimum atomic E-state index is 0.736. The molecule has 0 bridgehead atoms. The summed E-state index contributed by atoms with van der Waals surface area (Å²) in [4.78, 5) is 2.69. The van der Waals surface area contributed by atoms with E-state index in [1.165, 1.54) is 51.2 Å². The highest BCUT2D eigenvalue weighted by atomic mass is 32.2. The summed E-state index contributed by atoms with van der Waals surface area (Å²) < 4.78 is 0. The van der Waals surface area contributed by atoms with Crippen molar-refractivity contribution in [1.82, 2.24) is 10.2 Å². The molecule has 2 aliphatic heterocycles. The van der Waals surface area contributed by atoms with Crippen molar-refractivity contribution in [3.63, 3.8) is 0 Å². The molecule has 0 aliphatic carbocycles. The van der Waals surface area contributed by atoms with E-state index in [4.69, 9.17) is 0 Å². The van der Waals surface area contributed by atoms with E-state index in [9.17, 15) is 0 Å². The number of thioether (sulfide) groups is 1. The predicted molar refractivity (Wildman–Crippen MR) is 73.2 cm³/mol. The van der Waals surface area contributed by atoms with Crippen molar-refractivity contribution in [2.45, 2.75) is 44.4 Å². The van der Waals surface area contributed by atoms with Crippen LogP contribution in [0.3, 0.4) is 0 Å². The summed E-state index contributed by atoms with van der Waals surface area (Å²) in [6, 6.07) is 0.736. The second-order valence-electron chi connectivity index (χ2n) is 5.68. The summed E-state index contributed by atoms with van der Waals surface area (Å²) in [5.41, 5.74) is 0. The smallest absolute Gasteiger partial charge is 0.0198 e. The van der Waals surface area contributed by atoms with E-state index in [0.29, 0.717) is 0 Å². The van der Waals surface area contributed by atoms with Crippen LogP contribution in [0.25, 0.3) is 0 Å². The molecule has 0 aromatic rings. The Balaban J connectivity index is 1.72. The zero-order chi connectivity index (χ0) is 11.4. The zero-order valence-corrected chi connectivity index (χ0v) is 11.6. The van der Waals surface area contributed by atoms with Crippen LogP contribution >= 0.6 is 11.8 Å². The molecule has 0 spiro atoms. The lowest BCUT2D eigenvalue weighted by atomic mass is 10.0. The van der Waals surface area contributed by atoms with Gasteiger partial charge in [-0.15, -0.1) is 0 Å². The number of nitrogens with zero attached hydrogens (tertiary/aromatic N) is 1. The van der Waals surface area contributed by atoms with Crippen LogP contribution in [0.15, 0.2) is 0 Å². The maximum Gasteiger partial charge on any atom is 0.0198 e. The summed E-state index contributed by atoms with van der Waals surface area (Å²) in [5, 5.41) is 4.59. The van der Waals surface area contributed by atoms with E-state index < -0.39 is 0 Å². The molecule has 0 amide bonds. The van der Waals surface area contributed by atoms with Crippen LogP contribution in [0.5, 0.6) is 0 Å². The lowest BCUT2D eigenvalue weighted by Crippen LogP contribution is -2.52. The van der Waals surface area contributed by atoms with E-state index in [-0.39, 0.29) is 0 Å². The highest BCUT2D eigenvalue weighted by Crippen LogP contribution is 2.27. The molecule has 2 fully saturated rings. The zero-order valence-electron chi connectivity index (χ0n) is 10.7. The molecule has 2 atom stereocenters. The first-order valence-electron chi connectivity index (χ1n) is 6.81. The third-order valence-corrected chi connectivity index (χ3v) is 4.96. The SMILES string of the molecule is CC(C)CC1CN(CC2CCCS2)CCN1. The molecule has 3 heteroatoms. The van der Waals surface area contributed by atoms with Gasteiger partial charge in [0.15, 0.2) is 0 Å². The van der Waals surface area contributed by atoms with Crippen LogP contribution in [-0.4, -0.2) is 48.1 Å². The summed E-state index contributed by atoms with van der Waals surface area (Å²) in [6.07, 6.45) is 4.22. The van der Waals surface area contributed by atoms with Crippen LogP contribution in [0.4, 0.5) is 0 Å². The largest absolute Gasteiger partial charge is 0.311 e. The standard InChI is InChI=1S/C13H26N2S/c1-11(2)8-12-9-15(6-5-14-12)10-13-4-3-7-16-13/h11-14H,3-10H2,1-2H3. The van der Waals surface area contributed by atoms with Gasteiger partial charge in [0, 0.05) is 37.5 Å². The van der Waals surface area contributed by atoms with Crippen LogP contribution in [0.2, 0.25) is 0 Å². The second kappa shape index (κ2) is 6.27. The van der Waals surface area contributed by atoms with Crippen molar-refractivity contribution in [3.05, 3.63) is 0 Å². The third-order valence-electron chi connectivity index (χ3n) is 3.58. The van der Waals surface area contributed by atoms with Crippen LogP contribution in [0.1, 0.15) is 33.1 Å². The Morgan fingerprint density at radius 3 is 3.00 bits per heavy atom. The molecule has 2 unspecified atom stereocenters. The van der Waals surface area contributed by atoms with Crippen molar-refractivity contribution in [3.8, 4) is 0 Å². The fourth-order valence-corrected chi connectivity index (χ4v) is 4.18. The van der Waals surface area contributed by atoms with Gasteiger partial charge in [0.05, 0.1) is 0 Å². The molecule has 1 N–H and O–H groups in total. The topological polar surface area (TPSA) is 15.3 Å². The van der Waals surface area contributed by atoms with E-state index >= 15 is 0 Å². The normalized spacial score (nSPS) is 32.4. The molecule has 2 saturated heterocycles. The summed E-state index contributed by atoms with van der Waals surface area (Å²) in [5.74, 6) is 2.21. The summed E-state index contributed by atoms with van der Waals surface area (Å²) in [7, 11) is 0. The fourth-order valence-electron chi connectivity index (χ4n) is 2.86. The molecular weight excluding hydrogens is 216 g/mol. The minimum Gasteiger partial charge on any atom is -0.311 e. The van der Waals surface area contributed by atoms with E-state index in [1.807, 2.05) is 0 Å². The molecule has 2 aliphatic rings. The third kappa shape index (κ3) is 3.94. The molecule has 94 valence electrons. The Kier molecular flexibility index (Phi) is 4.98. The van der Waals surface area contributed by atoms with Crippen LogP contribution in [0, 0.1) is 5.92 Å². The molecule has 0 aromatic carbocycles. The van der Waals surface area contributed by atoms with E-state index in [1.54, 1.807) is 0 Å². The van der Waals surface area contributed by atoms with Crippen molar-refractivity contribution in [2.75, 3.05) is 31.9 Å².